The van der Waals surface area contributed by atoms with E-state index in [4.69, 9.17) is 9.84 Å². The average Bonchev–Trinajstić information content (AvgIpc) is 2.37. The van der Waals surface area contributed by atoms with Crippen molar-refractivity contribution in [1.29, 1.82) is 0 Å². The number of ether oxygens (including phenoxy) is 1. The van der Waals surface area contributed by atoms with Gasteiger partial charge < -0.3 is 15.2 Å². The molecular weight excluding hydrogens is 336 g/mol. The van der Waals surface area contributed by atoms with E-state index in [2.05, 4.69) is 22.8 Å². The number of nitrogens with one attached hydrogen (secondary N) is 1. The number of halogens is 1. The van der Waals surface area contributed by atoms with Crippen molar-refractivity contribution in [3.8, 4) is 0 Å². The van der Waals surface area contributed by atoms with Gasteiger partial charge in [0.2, 0.25) is 5.91 Å². The van der Waals surface area contributed by atoms with Gasteiger partial charge in [0.25, 0.3) is 0 Å². The summed E-state index contributed by atoms with van der Waals surface area (Å²) in [5.41, 5.74) is 0. The number of hydrogen-bond acceptors (Lipinski definition) is 5. The highest BCUT2D eigenvalue weighted by Gasteiger charge is 2.18. The molecular formula is C11H21BrN2O4S. The standard InChI is InChI=1S/C11H20N2O4S.BrH/c14-10(12-9(8-18)11(15)16)2-1-3-13-4-6-17-7-5-13;/h9,18H,1-8H2,(H,12,14)(H,15,16);1H/t9-;/m0./s1. The molecule has 1 amide bonds. The Morgan fingerprint density at radius 2 is 2.00 bits per heavy atom. The second-order valence-corrected chi connectivity index (χ2v) is 4.56. The molecule has 112 valence electrons. The maximum atomic E-state index is 11.5. The Morgan fingerprint density at radius 3 is 2.53 bits per heavy atom. The largest absolute Gasteiger partial charge is 0.480 e. The van der Waals surface area contributed by atoms with Crippen molar-refractivity contribution in [2.24, 2.45) is 0 Å². The molecule has 0 saturated carbocycles. The van der Waals surface area contributed by atoms with Gasteiger partial charge in [0.1, 0.15) is 6.04 Å². The number of nitrogens with zero attached hydrogens (tertiary/aromatic N) is 1. The second kappa shape index (κ2) is 10.5. The Morgan fingerprint density at radius 1 is 1.37 bits per heavy atom. The molecule has 1 aliphatic heterocycles. The Hall–Kier alpha value is -0.310. The first-order chi connectivity index (χ1) is 8.63. The molecule has 8 heteroatoms. The highest BCUT2D eigenvalue weighted by atomic mass is 79.9. The van der Waals surface area contributed by atoms with Crippen molar-refractivity contribution < 1.29 is 19.4 Å². The lowest BCUT2D eigenvalue weighted by atomic mass is 10.2. The van der Waals surface area contributed by atoms with Gasteiger partial charge in [-0.15, -0.1) is 17.0 Å². The molecule has 0 radical (unpaired) electrons. The monoisotopic (exact) mass is 356 g/mol. The minimum atomic E-state index is -1.05. The SMILES string of the molecule is Br.O=C(CCCN1CCOCC1)N[C@@H](CS)C(=O)O. The quantitative estimate of drug-likeness (QED) is 0.567. The van der Waals surface area contributed by atoms with Gasteiger partial charge in [-0.1, -0.05) is 0 Å². The fraction of sp³-hybridized carbons (Fsp3) is 0.818. The second-order valence-electron chi connectivity index (χ2n) is 4.20. The van der Waals surface area contributed by atoms with Gasteiger partial charge >= 0.3 is 5.97 Å². The van der Waals surface area contributed by atoms with E-state index in [0.717, 1.165) is 39.3 Å². The molecule has 1 fully saturated rings. The maximum absolute atomic E-state index is 11.5. The number of carbonyl (C=O) groups excluding carboxylic acids is 1. The predicted molar refractivity (Wildman–Crippen MR) is 80.2 cm³/mol. The summed E-state index contributed by atoms with van der Waals surface area (Å²) in [6.45, 7) is 4.13. The number of carboxylic acid groups (broad SMARTS) is 1. The van der Waals surface area contributed by atoms with Crippen LogP contribution in [0.1, 0.15) is 12.8 Å². The summed E-state index contributed by atoms with van der Waals surface area (Å²) < 4.78 is 5.23. The van der Waals surface area contributed by atoms with Crippen molar-refractivity contribution >= 4 is 41.5 Å². The molecule has 1 saturated heterocycles. The Bertz CT molecular complexity index is 288. The van der Waals surface area contributed by atoms with Crippen molar-refractivity contribution in [3.63, 3.8) is 0 Å². The molecule has 0 aromatic rings. The summed E-state index contributed by atoms with van der Waals surface area (Å²) in [4.78, 5) is 24.4. The summed E-state index contributed by atoms with van der Waals surface area (Å²) in [7, 11) is 0. The molecule has 0 aliphatic carbocycles. The van der Waals surface area contributed by atoms with E-state index in [1.165, 1.54) is 0 Å². The van der Waals surface area contributed by atoms with Gasteiger partial charge in [-0.25, -0.2) is 4.79 Å². The molecule has 1 rings (SSSR count). The molecule has 1 atom stereocenters. The molecule has 19 heavy (non-hydrogen) atoms. The van der Waals surface area contributed by atoms with Crippen LogP contribution in [-0.2, 0) is 14.3 Å². The number of aliphatic carboxylic acids is 1. The minimum absolute atomic E-state index is 0. The van der Waals surface area contributed by atoms with Crippen LogP contribution in [0.25, 0.3) is 0 Å². The number of hydrogen-bond donors (Lipinski definition) is 3. The van der Waals surface area contributed by atoms with E-state index in [9.17, 15) is 9.59 Å². The van der Waals surface area contributed by atoms with Crippen molar-refractivity contribution in [1.82, 2.24) is 10.2 Å². The number of rotatable bonds is 7. The van der Waals surface area contributed by atoms with Crippen LogP contribution < -0.4 is 5.32 Å². The average molecular weight is 357 g/mol. The summed E-state index contributed by atoms with van der Waals surface area (Å²) in [5.74, 6) is -1.18. The van der Waals surface area contributed by atoms with Crippen LogP contribution in [0.5, 0.6) is 0 Å². The molecule has 1 aliphatic rings. The van der Waals surface area contributed by atoms with Gasteiger partial charge in [-0.3, -0.25) is 9.69 Å². The third kappa shape index (κ3) is 7.76. The third-order valence-corrected chi connectivity index (χ3v) is 3.16. The zero-order chi connectivity index (χ0) is 13.4. The van der Waals surface area contributed by atoms with E-state index in [0.29, 0.717) is 6.42 Å². The van der Waals surface area contributed by atoms with Crippen LogP contribution in [0.2, 0.25) is 0 Å². The van der Waals surface area contributed by atoms with Crippen LogP contribution in [0.15, 0.2) is 0 Å². The Labute approximate surface area is 129 Å². The molecule has 0 aromatic carbocycles. The first-order valence-electron chi connectivity index (χ1n) is 6.06. The highest BCUT2D eigenvalue weighted by molar-refractivity contribution is 8.93. The lowest BCUT2D eigenvalue weighted by Crippen LogP contribution is -2.42. The molecule has 0 unspecified atom stereocenters. The van der Waals surface area contributed by atoms with Crippen LogP contribution in [0.3, 0.4) is 0 Å². The number of morpholine rings is 1. The predicted octanol–water partition coefficient (Wildman–Crippen LogP) is 0.176. The molecule has 1 heterocycles. The topological polar surface area (TPSA) is 78.9 Å². The molecule has 0 spiro atoms. The molecule has 2 N–H and O–H groups in total. The Kier molecular flexibility index (Phi) is 10.3. The van der Waals surface area contributed by atoms with Gasteiger partial charge in [0.05, 0.1) is 13.2 Å². The summed E-state index contributed by atoms with van der Waals surface area (Å²) >= 11 is 3.89. The summed E-state index contributed by atoms with van der Waals surface area (Å²) in [5, 5.41) is 11.2. The lowest BCUT2D eigenvalue weighted by Gasteiger charge is -2.26. The normalized spacial score (nSPS) is 17.3. The van der Waals surface area contributed by atoms with Gasteiger partial charge in [0.15, 0.2) is 0 Å². The van der Waals surface area contributed by atoms with Crippen LogP contribution in [-0.4, -0.2) is 66.5 Å². The van der Waals surface area contributed by atoms with Crippen LogP contribution in [0.4, 0.5) is 0 Å². The summed E-state index contributed by atoms with van der Waals surface area (Å²) in [6.07, 6.45) is 1.07. The minimum Gasteiger partial charge on any atom is -0.480 e. The van der Waals surface area contributed by atoms with E-state index >= 15 is 0 Å². The Balaban J connectivity index is 0.00000324. The maximum Gasteiger partial charge on any atom is 0.327 e. The highest BCUT2D eigenvalue weighted by Crippen LogP contribution is 2.00. The zero-order valence-corrected chi connectivity index (χ0v) is 13.3. The molecule has 6 nitrogen and oxygen atoms in total. The van der Waals surface area contributed by atoms with E-state index in [1.807, 2.05) is 0 Å². The summed E-state index contributed by atoms with van der Waals surface area (Å²) in [6, 6.07) is -0.899. The fourth-order valence-electron chi connectivity index (χ4n) is 1.74. The number of carboxylic acids is 1. The fourth-order valence-corrected chi connectivity index (χ4v) is 1.99. The smallest absolute Gasteiger partial charge is 0.327 e. The number of carbonyl (C=O) groups is 2. The van der Waals surface area contributed by atoms with Crippen LogP contribution >= 0.6 is 29.6 Å². The number of amides is 1. The number of thiol groups is 1. The van der Waals surface area contributed by atoms with E-state index < -0.39 is 12.0 Å². The van der Waals surface area contributed by atoms with Crippen molar-refractivity contribution in [2.75, 3.05) is 38.6 Å². The van der Waals surface area contributed by atoms with E-state index in [-0.39, 0.29) is 28.6 Å². The lowest BCUT2D eigenvalue weighted by molar-refractivity contribution is -0.141. The first kappa shape index (κ1) is 18.7. The van der Waals surface area contributed by atoms with Crippen molar-refractivity contribution in [2.45, 2.75) is 18.9 Å². The van der Waals surface area contributed by atoms with Crippen LogP contribution in [0, 0.1) is 0 Å². The van der Waals surface area contributed by atoms with Gasteiger partial charge in [-0.2, -0.15) is 12.6 Å². The first-order valence-corrected chi connectivity index (χ1v) is 6.70. The van der Waals surface area contributed by atoms with E-state index in [1.54, 1.807) is 0 Å². The molecule has 0 bridgehead atoms. The van der Waals surface area contributed by atoms with Gasteiger partial charge in [-0.05, 0) is 13.0 Å². The molecule has 0 aromatic heterocycles. The third-order valence-electron chi connectivity index (χ3n) is 2.80. The van der Waals surface area contributed by atoms with Gasteiger partial charge in [0, 0.05) is 25.3 Å². The zero-order valence-electron chi connectivity index (χ0n) is 10.7. The van der Waals surface area contributed by atoms with Crippen molar-refractivity contribution in [3.05, 3.63) is 0 Å².